The number of halogens is 6. The Morgan fingerprint density at radius 3 is 1.78 bits per heavy atom. The summed E-state index contributed by atoms with van der Waals surface area (Å²) in [4.78, 5) is 0. The van der Waals surface area contributed by atoms with Crippen LogP contribution in [-0.2, 0) is 0 Å². The predicted octanol–water partition coefficient (Wildman–Crippen LogP) is 4.19. The summed E-state index contributed by atoms with van der Waals surface area (Å²) in [5.74, 6) is -2.89. The van der Waals surface area contributed by atoms with E-state index in [1.807, 2.05) is 0 Å². The minimum Gasteiger partial charge on any atom is -0.480 e. The average Bonchev–Trinajstić information content (AvgIpc) is 2.23. The SMILES string of the molecule is CC(C(Oc1ccccc1)C(F)(F)F)C(F)(F)F. The molecule has 7 heteroatoms. The Bertz CT molecular complexity index is 369. The van der Waals surface area contributed by atoms with Crippen LogP contribution in [0.15, 0.2) is 30.3 Å². The Morgan fingerprint density at radius 2 is 1.39 bits per heavy atom. The largest absolute Gasteiger partial charge is 0.480 e. The number of alkyl halides is 6. The molecule has 0 aromatic heterocycles. The van der Waals surface area contributed by atoms with Gasteiger partial charge >= 0.3 is 12.4 Å². The lowest BCUT2D eigenvalue weighted by molar-refractivity contribution is -0.263. The quantitative estimate of drug-likeness (QED) is 0.749. The van der Waals surface area contributed by atoms with Gasteiger partial charge in [-0.3, -0.25) is 0 Å². The summed E-state index contributed by atoms with van der Waals surface area (Å²) in [5.41, 5.74) is 0. The van der Waals surface area contributed by atoms with Crippen LogP contribution in [0.4, 0.5) is 26.3 Å². The van der Waals surface area contributed by atoms with Crippen molar-refractivity contribution in [2.24, 2.45) is 5.92 Å². The van der Waals surface area contributed by atoms with Crippen molar-refractivity contribution in [3.63, 3.8) is 0 Å². The topological polar surface area (TPSA) is 9.23 Å². The van der Waals surface area contributed by atoms with Crippen molar-refractivity contribution in [3.8, 4) is 5.75 Å². The van der Waals surface area contributed by atoms with E-state index >= 15 is 0 Å². The normalized spacial score (nSPS) is 16.2. The van der Waals surface area contributed by atoms with E-state index in [0.29, 0.717) is 6.92 Å². The summed E-state index contributed by atoms with van der Waals surface area (Å²) < 4.78 is 79.2. The molecule has 2 unspecified atom stereocenters. The Balaban J connectivity index is 2.94. The zero-order valence-electron chi connectivity index (χ0n) is 9.22. The molecule has 0 fully saturated rings. The van der Waals surface area contributed by atoms with Gasteiger partial charge in [0.2, 0.25) is 6.10 Å². The molecular weight excluding hydrogens is 262 g/mol. The standard InChI is InChI=1S/C11H10F6O/c1-7(10(12,13)14)9(11(15,16)17)18-8-5-3-2-4-6-8/h2-7,9H,1H3. The van der Waals surface area contributed by atoms with Gasteiger partial charge in [-0.1, -0.05) is 18.2 Å². The first kappa shape index (κ1) is 14.7. The first-order chi connectivity index (χ1) is 8.12. The van der Waals surface area contributed by atoms with Crippen LogP contribution in [0.2, 0.25) is 0 Å². The molecule has 0 heterocycles. The molecule has 0 aliphatic rings. The molecule has 0 aliphatic carbocycles. The predicted molar refractivity (Wildman–Crippen MR) is 52.1 cm³/mol. The van der Waals surface area contributed by atoms with Gasteiger partial charge in [0.15, 0.2) is 0 Å². The van der Waals surface area contributed by atoms with E-state index in [1.54, 1.807) is 0 Å². The Labute approximate surface area is 99.4 Å². The van der Waals surface area contributed by atoms with Gasteiger partial charge in [0.25, 0.3) is 0 Å². The van der Waals surface area contributed by atoms with Crippen LogP contribution in [0.3, 0.4) is 0 Å². The zero-order chi connectivity index (χ0) is 14.0. The minimum absolute atomic E-state index is 0.254. The molecule has 0 spiro atoms. The van der Waals surface area contributed by atoms with E-state index in [1.165, 1.54) is 30.3 Å². The second kappa shape index (κ2) is 5.07. The molecular formula is C11H10F6O. The van der Waals surface area contributed by atoms with E-state index in [4.69, 9.17) is 0 Å². The lowest BCUT2D eigenvalue weighted by Crippen LogP contribution is -2.45. The second-order valence-electron chi connectivity index (χ2n) is 3.72. The maximum atomic E-state index is 12.6. The van der Waals surface area contributed by atoms with Crippen LogP contribution in [0.1, 0.15) is 6.92 Å². The monoisotopic (exact) mass is 272 g/mol. The number of hydrogen-bond donors (Lipinski definition) is 0. The first-order valence-corrected chi connectivity index (χ1v) is 4.97. The molecule has 0 saturated carbocycles. The zero-order valence-corrected chi connectivity index (χ0v) is 9.22. The third-order valence-corrected chi connectivity index (χ3v) is 2.30. The molecule has 0 radical (unpaired) electrons. The molecule has 0 aliphatic heterocycles. The van der Waals surface area contributed by atoms with Crippen LogP contribution in [0.5, 0.6) is 5.75 Å². The number of para-hydroxylation sites is 1. The Hall–Kier alpha value is -1.40. The highest BCUT2D eigenvalue weighted by atomic mass is 19.4. The van der Waals surface area contributed by atoms with Crippen LogP contribution in [0, 0.1) is 5.92 Å². The summed E-state index contributed by atoms with van der Waals surface area (Å²) in [6, 6.07) is 6.61. The molecule has 18 heavy (non-hydrogen) atoms. The molecule has 0 bridgehead atoms. The minimum atomic E-state index is -5.09. The van der Waals surface area contributed by atoms with Gasteiger partial charge in [-0.15, -0.1) is 0 Å². The number of benzene rings is 1. The molecule has 1 aromatic carbocycles. The van der Waals surface area contributed by atoms with Crippen molar-refractivity contribution in [2.75, 3.05) is 0 Å². The molecule has 0 saturated heterocycles. The van der Waals surface area contributed by atoms with Crippen molar-refractivity contribution in [1.82, 2.24) is 0 Å². The van der Waals surface area contributed by atoms with Crippen LogP contribution < -0.4 is 4.74 Å². The van der Waals surface area contributed by atoms with Crippen molar-refractivity contribution >= 4 is 0 Å². The molecule has 0 amide bonds. The summed E-state index contributed by atoms with van der Waals surface area (Å²) >= 11 is 0. The maximum absolute atomic E-state index is 12.6. The van der Waals surface area contributed by atoms with Gasteiger partial charge in [-0.2, -0.15) is 26.3 Å². The highest BCUT2D eigenvalue weighted by molar-refractivity contribution is 5.21. The number of hydrogen-bond acceptors (Lipinski definition) is 1. The number of ether oxygens (including phenoxy) is 1. The van der Waals surface area contributed by atoms with Gasteiger partial charge in [0, 0.05) is 0 Å². The van der Waals surface area contributed by atoms with E-state index in [-0.39, 0.29) is 5.75 Å². The van der Waals surface area contributed by atoms with Crippen molar-refractivity contribution in [3.05, 3.63) is 30.3 Å². The molecule has 0 N–H and O–H groups in total. The Kier molecular flexibility index (Phi) is 4.13. The lowest BCUT2D eigenvalue weighted by atomic mass is 10.0. The van der Waals surface area contributed by atoms with E-state index in [2.05, 4.69) is 4.74 Å². The molecule has 1 aromatic rings. The van der Waals surface area contributed by atoms with Crippen molar-refractivity contribution in [1.29, 1.82) is 0 Å². The van der Waals surface area contributed by atoms with Gasteiger partial charge in [0.1, 0.15) is 5.75 Å². The van der Waals surface area contributed by atoms with E-state index < -0.39 is 24.4 Å². The highest BCUT2D eigenvalue weighted by Crippen LogP contribution is 2.38. The fourth-order valence-corrected chi connectivity index (χ4v) is 1.27. The van der Waals surface area contributed by atoms with Gasteiger partial charge in [-0.05, 0) is 19.1 Å². The maximum Gasteiger partial charge on any atom is 0.426 e. The molecule has 1 rings (SSSR count). The summed E-state index contributed by atoms with van der Waals surface area (Å²) in [7, 11) is 0. The van der Waals surface area contributed by atoms with Gasteiger partial charge in [-0.25, -0.2) is 0 Å². The van der Waals surface area contributed by atoms with Gasteiger partial charge in [0.05, 0.1) is 5.92 Å². The fraction of sp³-hybridized carbons (Fsp3) is 0.455. The second-order valence-corrected chi connectivity index (χ2v) is 3.72. The van der Waals surface area contributed by atoms with Crippen LogP contribution in [0.25, 0.3) is 0 Å². The fourth-order valence-electron chi connectivity index (χ4n) is 1.27. The summed E-state index contributed by atoms with van der Waals surface area (Å²) in [5, 5.41) is 0. The Morgan fingerprint density at radius 1 is 0.889 bits per heavy atom. The molecule has 102 valence electrons. The van der Waals surface area contributed by atoms with Gasteiger partial charge < -0.3 is 4.74 Å². The third-order valence-electron chi connectivity index (χ3n) is 2.30. The smallest absolute Gasteiger partial charge is 0.426 e. The van der Waals surface area contributed by atoms with Crippen molar-refractivity contribution in [2.45, 2.75) is 25.4 Å². The first-order valence-electron chi connectivity index (χ1n) is 4.97. The highest BCUT2D eigenvalue weighted by Gasteiger charge is 2.54. The van der Waals surface area contributed by atoms with Crippen molar-refractivity contribution < 1.29 is 31.1 Å². The van der Waals surface area contributed by atoms with Crippen LogP contribution >= 0.6 is 0 Å². The molecule has 2 atom stereocenters. The van der Waals surface area contributed by atoms with E-state index in [9.17, 15) is 26.3 Å². The van der Waals surface area contributed by atoms with E-state index in [0.717, 1.165) is 0 Å². The number of rotatable bonds is 3. The third kappa shape index (κ3) is 3.82. The lowest BCUT2D eigenvalue weighted by Gasteiger charge is -2.28. The molecule has 1 nitrogen and oxygen atoms in total. The average molecular weight is 272 g/mol. The van der Waals surface area contributed by atoms with Crippen LogP contribution in [-0.4, -0.2) is 18.5 Å². The summed E-state index contributed by atoms with van der Waals surface area (Å²) in [6.07, 6.45) is -13.0. The summed E-state index contributed by atoms with van der Waals surface area (Å²) in [6.45, 7) is 0.446.